The Morgan fingerprint density at radius 1 is 1.31 bits per heavy atom. The molecule has 0 aliphatic rings. The number of aromatic amines is 1. The third-order valence-electron chi connectivity index (χ3n) is 1.36. The van der Waals surface area contributed by atoms with E-state index in [4.69, 9.17) is 0 Å². The van der Waals surface area contributed by atoms with Gasteiger partial charge in [-0.25, -0.2) is 0 Å². The average Bonchev–Trinajstić information content (AvgIpc) is 2.57. The summed E-state index contributed by atoms with van der Waals surface area (Å²) in [5, 5.41) is 0. The van der Waals surface area contributed by atoms with Crippen LogP contribution >= 0.6 is 0 Å². The van der Waals surface area contributed by atoms with Crippen LogP contribution in [0.2, 0.25) is 0 Å². The number of nitrogens with one attached hydrogen (secondary N) is 1. The Kier molecular flexibility index (Phi) is 5.44. The van der Waals surface area contributed by atoms with Crippen molar-refractivity contribution in [1.82, 2.24) is 19.9 Å². The van der Waals surface area contributed by atoms with Crippen LogP contribution in [0.15, 0.2) is 6.33 Å². The zero-order chi connectivity index (χ0) is 8.97. The summed E-state index contributed by atoms with van der Waals surface area (Å²) in [4.78, 5) is 14.6. The minimum Gasteiger partial charge on any atom is -0.458 e. The Balaban J connectivity index is 0.000000451. The van der Waals surface area contributed by atoms with Crippen LogP contribution in [0.25, 0.3) is 11.2 Å². The van der Waals surface area contributed by atoms with Gasteiger partial charge in [0.05, 0.1) is 0 Å². The Labute approximate surface area is 90.9 Å². The number of hydrogen-bond acceptors (Lipinski definition) is 3. The summed E-state index contributed by atoms with van der Waals surface area (Å²) in [5.41, 5.74) is 2.44. The van der Waals surface area contributed by atoms with Crippen molar-refractivity contribution < 1.29 is 20.4 Å². The predicted molar refractivity (Wildman–Crippen MR) is 46.6 cm³/mol. The molecule has 2 rings (SSSR count). The van der Waals surface area contributed by atoms with Crippen molar-refractivity contribution in [3.8, 4) is 0 Å². The van der Waals surface area contributed by atoms with E-state index in [9.17, 15) is 0 Å². The van der Waals surface area contributed by atoms with Crippen LogP contribution in [0.1, 0.15) is 19.5 Å². The molecule has 4 nitrogen and oxygen atoms in total. The molecule has 2 heterocycles. The summed E-state index contributed by atoms with van der Waals surface area (Å²) in [6.07, 6.45) is 4.09. The largest absolute Gasteiger partial charge is 0.458 e. The van der Waals surface area contributed by atoms with E-state index in [1.165, 1.54) is 6.33 Å². The number of imidazole rings is 1. The fourth-order valence-electron chi connectivity index (χ4n) is 0.829. The van der Waals surface area contributed by atoms with E-state index in [0.717, 1.165) is 11.2 Å². The number of rotatable bonds is 0. The third kappa shape index (κ3) is 2.58. The van der Waals surface area contributed by atoms with Gasteiger partial charge in [0.1, 0.15) is 6.33 Å². The van der Waals surface area contributed by atoms with E-state index in [1.54, 1.807) is 0 Å². The van der Waals surface area contributed by atoms with Gasteiger partial charge in [-0.2, -0.15) is 0 Å². The van der Waals surface area contributed by atoms with Crippen LogP contribution in [0.3, 0.4) is 0 Å². The van der Waals surface area contributed by atoms with Crippen LogP contribution < -0.4 is 0 Å². The smallest absolute Gasteiger partial charge is 0.102 e. The molecule has 13 heavy (non-hydrogen) atoms. The van der Waals surface area contributed by atoms with Crippen molar-refractivity contribution in [3.63, 3.8) is 0 Å². The van der Waals surface area contributed by atoms with Crippen LogP contribution in [-0.4, -0.2) is 19.9 Å². The number of aromatic nitrogens is 4. The molecule has 0 spiro atoms. The molecule has 0 bridgehead atoms. The van der Waals surface area contributed by atoms with Crippen LogP contribution in [0.5, 0.6) is 0 Å². The topological polar surface area (TPSA) is 54.5 Å². The van der Waals surface area contributed by atoms with Crippen LogP contribution in [0.4, 0.5) is 0 Å². The molecule has 0 aliphatic heterocycles. The van der Waals surface area contributed by atoms with Gasteiger partial charge < -0.3 is 9.97 Å². The minimum atomic E-state index is 0. The summed E-state index contributed by atoms with van der Waals surface area (Å²) in [6, 6.07) is 0. The Bertz CT molecular complexity index is 358. The van der Waals surface area contributed by atoms with E-state index in [-0.39, 0.29) is 20.4 Å². The first-order valence-electron chi connectivity index (χ1n) is 3.91. The Hall–Kier alpha value is -0.788. The molecule has 1 N–H and O–H groups in total. The first-order valence-corrected chi connectivity index (χ1v) is 3.91. The molecule has 2 aromatic heterocycles. The summed E-state index contributed by atoms with van der Waals surface area (Å²) >= 11 is 0. The van der Waals surface area contributed by atoms with Crippen LogP contribution in [-0.2, 0) is 20.4 Å². The molecule has 0 amide bonds. The monoisotopic (exact) mass is 350 g/mol. The second kappa shape index (κ2) is 5.79. The Morgan fingerprint density at radius 2 is 2.00 bits per heavy atom. The SMILES string of the molecule is CC.Cc1ncnc2n[c-][nH]c12.[Re]. The maximum absolute atomic E-state index is 3.98. The third-order valence-corrected chi connectivity index (χ3v) is 1.36. The van der Waals surface area contributed by atoms with Gasteiger partial charge in [0, 0.05) is 32.4 Å². The maximum atomic E-state index is 3.98. The number of fused-ring (bicyclic) bond motifs is 1. The van der Waals surface area contributed by atoms with Crippen molar-refractivity contribution in [1.29, 1.82) is 0 Å². The van der Waals surface area contributed by atoms with Crippen molar-refractivity contribution in [2.45, 2.75) is 20.8 Å². The second-order valence-corrected chi connectivity index (χ2v) is 2.01. The molecular weight excluding hydrogens is 338 g/mol. The fourth-order valence-corrected chi connectivity index (χ4v) is 0.829. The van der Waals surface area contributed by atoms with E-state index in [0.29, 0.717) is 5.65 Å². The van der Waals surface area contributed by atoms with Gasteiger partial charge in [0.15, 0.2) is 0 Å². The van der Waals surface area contributed by atoms with Crippen LogP contribution in [0, 0.1) is 13.3 Å². The molecule has 2 aromatic rings. The zero-order valence-corrected chi connectivity index (χ0v) is 10.5. The van der Waals surface area contributed by atoms with E-state index < -0.39 is 0 Å². The van der Waals surface area contributed by atoms with Gasteiger partial charge >= 0.3 is 0 Å². The van der Waals surface area contributed by atoms with Crippen molar-refractivity contribution in [2.24, 2.45) is 0 Å². The molecular formula is C8H11N4Re-. The molecule has 71 valence electrons. The number of aryl methyl sites for hydroxylation is 1. The molecule has 0 unspecified atom stereocenters. The van der Waals surface area contributed by atoms with Crippen molar-refractivity contribution >= 4 is 11.2 Å². The number of H-pyrrole nitrogens is 1. The molecule has 0 saturated heterocycles. The van der Waals surface area contributed by atoms with Gasteiger partial charge in [-0.15, -0.1) is 0 Å². The summed E-state index contributed by atoms with van der Waals surface area (Å²) in [5.74, 6) is 0. The van der Waals surface area contributed by atoms with Gasteiger partial charge in [-0.1, -0.05) is 19.4 Å². The summed E-state index contributed by atoms with van der Waals surface area (Å²) in [7, 11) is 0. The van der Waals surface area contributed by atoms with Crippen molar-refractivity contribution in [2.75, 3.05) is 0 Å². The van der Waals surface area contributed by atoms with Gasteiger partial charge in [0.25, 0.3) is 0 Å². The number of hydrogen-bond donors (Lipinski definition) is 1. The Morgan fingerprint density at radius 3 is 2.62 bits per heavy atom. The molecule has 1 radical (unpaired) electrons. The molecule has 5 heteroatoms. The zero-order valence-electron chi connectivity index (χ0n) is 7.80. The molecule has 0 saturated carbocycles. The van der Waals surface area contributed by atoms with E-state index in [2.05, 4.69) is 26.3 Å². The molecule has 0 fully saturated rings. The first kappa shape index (κ1) is 12.2. The minimum absolute atomic E-state index is 0. The fraction of sp³-hybridized carbons (Fsp3) is 0.375. The summed E-state index contributed by atoms with van der Waals surface area (Å²) in [6.45, 7) is 5.90. The van der Waals surface area contributed by atoms with Gasteiger partial charge in [-0.05, 0) is 12.6 Å². The normalized spacial score (nSPS) is 8.54. The molecule has 0 aromatic carbocycles. The van der Waals surface area contributed by atoms with E-state index in [1.807, 2.05) is 20.8 Å². The second-order valence-electron chi connectivity index (χ2n) is 2.01. The average molecular weight is 349 g/mol. The maximum Gasteiger partial charge on any atom is 0.102 e. The quantitative estimate of drug-likeness (QED) is 0.733. The molecule has 0 aliphatic carbocycles. The van der Waals surface area contributed by atoms with Crippen molar-refractivity contribution in [3.05, 3.63) is 18.3 Å². The standard InChI is InChI=1S/C6H5N4.C2H6.Re/c1-4-5-6(9-2-7-4)10-3-8-5;1-2;/h2H,1H3,(H,7,8,9,10);1-2H3;/q-1;;. The van der Waals surface area contributed by atoms with Gasteiger partial charge in [0.2, 0.25) is 0 Å². The first-order chi connectivity index (χ1) is 5.88. The summed E-state index contributed by atoms with van der Waals surface area (Å²) < 4.78 is 0. The predicted octanol–water partition coefficient (Wildman–Crippen LogP) is 1.49. The molecule has 0 atom stereocenters. The van der Waals surface area contributed by atoms with E-state index >= 15 is 0 Å². The van der Waals surface area contributed by atoms with Gasteiger partial charge in [-0.3, -0.25) is 9.97 Å². The number of nitrogens with zero attached hydrogens (tertiary/aromatic N) is 3.